The molecule has 324 valence electrons. The molecule has 0 bridgehead atoms. The number of methoxy groups -OCH3 is 2. The van der Waals surface area contributed by atoms with Crippen molar-refractivity contribution >= 4 is 81.3 Å². The van der Waals surface area contributed by atoms with Crippen LogP contribution in [0.25, 0.3) is 0 Å². The van der Waals surface area contributed by atoms with Gasteiger partial charge in [-0.3, -0.25) is 49.0 Å². The molecule has 14 nitrogen and oxygen atoms in total. The molecule has 2 saturated heterocycles. The van der Waals surface area contributed by atoms with E-state index in [1.807, 2.05) is 36.6 Å². The van der Waals surface area contributed by atoms with E-state index < -0.39 is 23.9 Å². The fourth-order valence-corrected chi connectivity index (χ4v) is 10.4. The first-order chi connectivity index (χ1) is 29.7. The van der Waals surface area contributed by atoms with Crippen LogP contribution in [-0.4, -0.2) is 83.1 Å². The lowest BCUT2D eigenvalue weighted by Gasteiger charge is -2.29. The van der Waals surface area contributed by atoms with Crippen molar-refractivity contribution in [3.05, 3.63) is 101 Å². The maximum absolute atomic E-state index is 12.8. The molecule has 6 heterocycles. The van der Waals surface area contributed by atoms with Gasteiger partial charge in [0, 0.05) is 72.1 Å². The maximum atomic E-state index is 12.8. The number of imide groups is 2. The Bertz CT molecular complexity index is 2320. The molecule has 6 amide bonds. The molecule has 2 fully saturated rings. The van der Waals surface area contributed by atoms with Gasteiger partial charge in [0.15, 0.2) is 0 Å². The highest BCUT2D eigenvalue weighted by atomic mass is 35.5. The van der Waals surface area contributed by atoms with Gasteiger partial charge in [0.25, 0.3) is 11.8 Å². The number of hydrogen-bond acceptors (Lipinski definition) is 12. The third kappa shape index (κ3) is 9.67. The predicted octanol–water partition coefficient (Wildman–Crippen LogP) is 5.49. The molecule has 2 atom stereocenters. The van der Waals surface area contributed by atoms with Crippen LogP contribution in [0.2, 0.25) is 5.02 Å². The molecule has 2 aromatic heterocycles. The Morgan fingerprint density at radius 3 is 1.60 bits per heavy atom. The zero-order valence-corrected chi connectivity index (χ0v) is 36.8. The number of Topliss-reactive ketones (excluding diaryl/α,β-unsaturated/α-hetero) is 2. The quantitative estimate of drug-likeness (QED) is 0.154. The second kappa shape index (κ2) is 19.1. The van der Waals surface area contributed by atoms with Crippen molar-refractivity contribution in [1.82, 2.24) is 20.4 Å². The van der Waals surface area contributed by atoms with Gasteiger partial charge in [-0.05, 0) is 78.6 Å². The molecule has 0 aliphatic carbocycles. The second-order valence-electron chi connectivity index (χ2n) is 15.6. The molecule has 4 aliphatic rings. The molecule has 4 aliphatic heterocycles. The molecule has 2 N–H and O–H groups in total. The summed E-state index contributed by atoms with van der Waals surface area (Å²) in [4.78, 5) is 103. The number of halogens is 1. The molecule has 0 saturated carbocycles. The number of hydrogen-bond donors (Lipinski definition) is 2. The first-order valence-corrected chi connectivity index (χ1v) is 22.3. The fraction of sp³-hybridized carbons (Fsp3) is 0.378. The summed E-state index contributed by atoms with van der Waals surface area (Å²) in [5, 5.41) is 8.73. The van der Waals surface area contributed by atoms with Crippen molar-refractivity contribution in [3.63, 3.8) is 0 Å². The Morgan fingerprint density at radius 1 is 0.694 bits per heavy atom. The van der Waals surface area contributed by atoms with Crippen molar-refractivity contribution < 1.29 is 47.8 Å². The van der Waals surface area contributed by atoms with Crippen molar-refractivity contribution in [1.29, 1.82) is 0 Å². The number of aryl methyl sites for hydroxylation is 3. The van der Waals surface area contributed by atoms with E-state index in [2.05, 4.69) is 10.6 Å². The third-order valence-electron chi connectivity index (χ3n) is 11.5. The highest BCUT2D eigenvalue weighted by Gasteiger charge is 2.42. The Balaban J connectivity index is 0.000000186. The zero-order valence-electron chi connectivity index (χ0n) is 34.4. The van der Waals surface area contributed by atoms with Gasteiger partial charge in [0.05, 0.1) is 30.4 Å². The van der Waals surface area contributed by atoms with E-state index in [4.69, 9.17) is 21.1 Å². The highest BCUT2D eigenvalue weighted by Crippen LogP contribution is 2.36. The van der Waals surface area contributed by atoms with E-state index in [9.17, 15) is 38.4 Å². The number of benzene rings is 2. The normalized spacial score (nSPS) is 18.2. The maximum Gasteiger partial charge on any atom is 0.256 e. The van der Waals surface area contributed by atoms with Crippen LogP contribution in [-0.2, 0) is 67.5 Å². The molecule has 0 spiro atoms. The largest absolute Gasteiger partial charge is 0.496 e. The monoisotopic (exact) mass is 900 g/mol. The van der Waals surface area contributed by atoms with E-state index in [-0.39, 0.29) is 54.5 Å². The molecule has 62 heavy (non-hydrogen) atoms. The van der Waals surface area contributed by atoms with Gasteiger partial charge in [-0.2, -0.15) is 0 Å². The van der Waals surface area contributed by atoms with Gasteiger partial charge in [-0.15, -0.1) is 22.7 Å². The summed E-state index contributed by atoms with van der Waals surface area (Å²) in [7, 11) is 3.15. The van der Waals surface area contributed by atoms with Gasteiger partial charge < -0.3 is 19.3 Å². The van der Waals surface area contributed by atoms with Gasteiger partial charge in [0.2, 0.25) is 23.6 Å². The summed E-state index contributed by atoms with van der Waals surface area (Å²) in [6, 6.07) is 9.82. The van der Waals surface area contributed by atoms with Crippen molar-refractivity contribution in [2.75, 3.05) is 14.2 Å². The number of rotatable bonds is 14. The van der Waals surface area contributed by atoms with Gasteiger partial charge in [0.1, 0.15) is 35.1 Å². The minimum Gasteiger partial charge on any atom is -0.496 e. The average molecular weight is 901 g/mol. The number of carbonyl (C=O) groups is 8. The molecule has 17 heteroatoms. The number of piperidine rings is 2. The van der Waals surface area contributed by atoms with Crippen LogP contribution < -0.4 is 20.1 Å². The molecule has 4 aromatic rings. The van der Waals surface area contributed by atoms with Crippen LogP contribution in [0.5, 0.6) is 11.5 Å². The van der Waals surface area contributed by atoms with Gasteiger partial charge >= 0.3 is 0 Å². The summed E-state index contributed by atoms with van der Waals surface area (Å²) < 4.78 is 10.5. The molecular weight excluding hydrogens is 856 g/mol. The lowest BCUT2D eigenvalue weighted by molar-refractivity contribution is -0.138. The van der Waals surface area contributed by atoms with Crippen molar-refractivity contribution in [2.45, 2.75) is 96.3 Å². The van der Waals surface area contributed by atoms with E-state index >= 15 is 0 Å². The third-order valence-corrected chi connectivity index (χ3v) is 14.0. The zero-order chi connectivity index (χ0) is 44.2. The van der Waals surface area contributed by atoms with Crippen LogP contribution in [0.15, 0.2) is 47.2 Å². The van der Waals surface area contributed by atoms with Crippen molar-refractivity contribution in [2.24, 2.45) is 0 Å². The molecular formula is C45H45ClN4O10S2. The lowest BCUT2D eigenvalue weighted by Crippen LogP contribution is -2.52. The molecule has 2 aromatic carbocycles. The van der Waals surface area contributed by atoms with E-state index in [1.165, 1.54) is 34.7 Å². The first kappa shape index (κ1) is 44.3. The number of amides is 6. The fourth-order valence-electron chi connectivity index (χ4n) is 8.15. The first-order valence-electron chi connectivity index (χ1n) is 20.2. The number of fused-ring (bicyclic) bond motifs is 2. The van der Waals surface area contributed by atoms with E-state index in [1.54, 1.807) is 29.5 Å². The van der Waals surface area contributed by atoms with Gasteiger partial charge in [-0.25, -0.2) is 0 Å². The summed E-state index contributed by atoms with van der Waals surface area (Å²) in [5.41, 5.74) is 5.79. The topological polar surface area (TPSA) is 186 Å². The molecule has 0 radical (unpaired) electrons. The predicted molar refractivity (Wildman–Crippen MR) is 231 cm³/mol. The number of ketones is 2. The van der Waals surface area contributed by atoms with E-state index in [0.717, 1.165) is 43.3 Å². The van der Waals surface area contributed by atoms with Crippen LogP contribution >= 0.6 is 34.3 Å². The van der Waals surface area contributed by atoms with Crippen LogP contribution in [0, 0.1) is 6.92 Å². The second-order valence-corrected chi connectivity index (χ2v) is 17.9. The number of thiophene rings is 2. The SMILES string of the molecule is COc1cc(CC(=O)CCc2scc3c2CN(C2CCC(=O)NC2=O)C3=O)ccc1C.COc1cc(CC(=O)CCc2scc3c2CN(C2CCC(=O)NC2=O)C3=O)ccc1Cl. The summed E-state index contributed by atoms with van der Waals surface area (Å²) in [6.45, 7) is 2.64. The number of nitrogens with zero attached hydrogens (tertiary/aromatic N) is 2. The Hall–Kier alpha value is -5.71. The number of nitrogens with one attached hydrogen (secondary N) is 2. The standard InChI is InChI=1S/C23H24N2O5S.C22H21ClN2O5S/c1-13-3-4-14(10-19(13)30-2)9-15(26)5-7-20-16-11-25(23(29)17(16)12-31-20)18-6-8-21(27)24-22(18)28;1-30-18-9-12(2-4-16(18)23)8-13(26)3-6-19-14-10-25(22(29)15(14)11-31-19)17-5-7-20(27)24-21(17)28/h3-4,10,12,18H,5-9,11H2,1-2H3,(H,24,27,28);2,4,9,11,17H,3,5-8,10H2,1H3,(H,24,27,28). The summed E-state index contributed by atoms with van der Waals surface area (Å²) >= 11 is 8.99. The average Bonchev–Trinajstić information content (AvgIpc) is 4.00. The minimum atomic E-state index is -0.628. The number of ether oxygens (including phenoxy) is 2. The Kier molecular flexibility index (Phi) is 13.7. The summed E-state index contributed by atoms with van der Waals surface area (Å²) in [6.07, 6.45) is 3.61. The Morgan fingerprint density at radius 2 is 1.15 bits per heavy atom. The highest BCUT2D eigenvalue weighted by molar-refractivity contribution is 7.10. The smallest absolute Gasteiger partial charge is 0.256 e. The Labute approximate surface area is 370 Å². The van der Waals surface area contributed by atoms with Crippen LogP contribution in [0.4, 0.5) is 0 Å². The molecule has 2 unspecified atom stereocenters. The minimum absolute atomic E-state index is 0.0814. The summed E-state index contributed by atoms with van der Waals surface area (Å²) in [5.74, 6) is -0.290. The molecule has 8 rings (SSSR count). The van der Waals surface area contributed by atoms with Gasteiger partial charge in [-0.1, -0.05) is 29.8 Å². The van der Waals surface area contributed by atoms with E-state index in [0.29, 0.717) is 79.9 Å². The van der Waals surface area contributed by atoms with Crippen LogP contribution in [0.3, 0.4) is 0 Å². The van der Waals surface area contributed by atoms with Crippen molar-refractivity contribution in [3.8, 4) is 11.5 Å². The number of carbonyl (C=O) groups excluding carboxylic acids is 8. The van der Waals surface area contributed by atoms with Crippen LogP contribution in [0.1, 0.15) is 96.8 Å². The lowest BCUT2D eigenvalue weighted by atomic mass is 10.0.